The summed E-state index contributed by atoms with van der Waals surface area (Å²) in [6.45, 7) is 1.63. The van der Waals surface area contributed by atoms with Crippen molar-refractivity contribution in [2.24, 2.45) is 7.05 Å². The molecule has 3 N–H and O–H groups in total. The topological polar surface area (TPSA) is 100 Å². The maximum absolute atomic E-state index is 11.7. The fourth-order valence-corrected chi connectivity index (χ4v) is 1.77. The van der Waals surface area contributed by atoms with Crippen molar-refractivity contribution in [1.29, 1.82) is 0 Å². The molecule has 0 bridgehead atoms. The molecule has 2 rings (SSSR count). The molecular formula is C13H14N4O3. The van der Waals surface area contributed by atoms with Crippen molar-refractivity contribution in [3.63, 3.8) is 0 Å². The molecule has 1 amide bonds. The molecular weight excluding hydrogens is 260 g/mol. The number of amides is 1. The highest BCUT2D eigenvalue weighted by molar-refractivity contribution is 6.06. The van der Waals surface area contributed by atoms with Crippen LogP contribution in [0.2, 0.25) is 0 Å². The Bertz CT molecular complexity index is 682. The van der Waals surface area contributed by atoms with Crippen LogP contribution < -0.4 is 5.32 Å². The number of nitrogens with zero attached hydrogens (tertiary/aromatic N) is 2. The minimum Gasteiger partial charge on any atom is -0.478 e. The van der Waals surface area contributed by atoms with Crippen LogP contribution in [0.4, 0.5) is 5.69 Å². The van der Waals surface area contributed by atoms with E-state index in [1.807, 2.05) is 0 Å². The van der Waals surface area contributed by atoms with Gasteiger partial charge in [0, 0.05) is 36.8 Å². The number of carbonyl (C=O) groups excluding carboxylic acids is 1. The van der Waals surface area contributed by atoms with Gasteiger partial charge in [0.2, 0.25) is 5.91 Å². The number of carboxylic acids is 1. The summed E-state index contributed by atoms with van der Waals surface area (Å²) < 4.78 is 1.62. The van der Waals surface area contributed by atoms with Crippen LogP contribution in [0, 0.1) is 6.92 Å². The van der Waals surface area contributed by atoms with E-state index < -0.39 is 11.9 Å². The average Bonchev–Trinajstić information content (AvgIpc) is 2.93. The monoisotopic (exact) mass is 274 g/mol. The van der Waals surface area contributed by atoms with Crippen molar-refractivity contribution in [2.45, 2.75) is 6.92 Å². The molecule has 0 spiro atoms. The average molecular weight is 274 g/mol. The van der Waals surface area contributed by atoms with Crippen molar-refractivity contribution in [2.75, 3.05) is 5.32 Å². The normalized spacial score (nSPS) is 10.9. The highest BCUT2D eigenvalue weighted by Crippen LogP contribution is 2.19. The number of H-pyrrole nitrogens is 1. The molecule has 0 aliphatic carbocycles. The molecule has 2 aromatic rings. The molecule has 20 heavy (non-hydrogen) atoms. The number of aromatic nitrogens is 3. The molecule has 2 aromatic heterocycles. The van der Waals surface area contributed by atoms with Gasteiger partial charge in [-0.25, -0.2) is 4.79 Å². The molecule has 0 fully saturated rings. The Kier molecular flexibility index (Phi) is 3.69. The lowest BCUT2D eigenvalue weighted by Crippen LogP contribution is -2.10. The Labute approximate surface area is 114 Å². The van der Waals surface area contributed by atoms with Gasteiger partial charge in [-0.3, -0.25) is 9.48 Å². The van der Waals surface area contributed by atoms with Crippen molar-refractivity contribution in [1.82, 2.24) is 14.8 Å². The smallest absolute Gasteiger partial charge is 0.339 e. The van der Waals surface area contributed by atoms with Gasteiger partial charge in [0.1, 0.15) is 5.56 Å². The molecule has 7 heteroatoms. The molecule has 0 atom stereocenters. The fraction of sp³-hybridized carbons (Fsp3) is 0.154. The summed E-state index contributed by atoms with van der Waals surface area (Å²) in [6.07, 6.45) is 7.75. The number of aromatic carboxylic acids is 1. The number of aryl methyl sites for hydroxylation is 2. The van der Waals surface area contributed by atoms with Gasteiger partial charge >= 0.3 is 5.97 Å². The molecule has 0 aromatic carbocycles. The summed E-state index contributed by atoms with van der Waals surface area (Å²) in [5, 5.41) is 15.6. The highest BCUT2D eigenvalue weighted by atomic mass is 16.4. The lowest BCUT2D eigenvalue weighted by Gasteiger charge is -2.01. The first-order chi connectivity index (χ1) is 9.47. The van der Waals surface area contributed by atoms with Gasteiger partial charge in [0.15, 0.2) is 0 Å². The van der Waals surface area contributed by atoms with Crippen molar-refractivity contribution in [3.05, 3.63) is 41.5 Å². The van der Waals surface area contributed by atoms with E-state index in [1.54, 1.807) is 37.1 Å². The van der Waals surface area contributed by atoms with Crippen molar-refractivity contribution in [3.8, 4) is 0 Å². The Morgan fingerprint density at radius 1 is 1.50 bits per heavy atom. The Balaban J connectivity index is 2.09. The minimum absolute atomic E-state index is 0.0631. The number of anilines is 1. The Morgan fingerprint density at radius 3 is 2.85 bits per heavy atom. The van der Waals surface area contributed by atoms with Crippen LogP contribution in [0.3, 0.4) is 0 Å². The molecule has 0 unspecified atom stereocenters. The second kappa shape index (κ2) is 5.43. The zero-order valence-corrected chi connectivity index (χ0v) is 11.0. The van der Waals surface area contributed by atoms with Gasteiger partial charge in [0.25, 0.3) is 0 Å². The first-order valence-electron chi connectivity index (χ1n) is 5.86. The Morgan fingerprint density at radius 2 is 2.25 bits per heavy atom. The SMILES string of the molecule is Cc1[nH]cc(NC(=O)/C=C/c2cnn(C)c2)c1C(=O)O. The van der Waals surface area contributed by atoms with E-state index in [4.69, 9.17) is 5.11 Å². The van der Waals surface area contributed by atoms with E-state index in [0.717, 1.165) is 5.56 Å². The second-order valence-corrected chi connectivity index (χ2v) is 4.28. The van der Waals surface area contributed by atoms with Gasteiger partial charge < -0.3 is 15.4 Å². The standard InChI is InChI=1S/C13H14N4O3/c1-8-12(13(19)20)10(6-14-8)16-11(18)4-3-9-5-15-17(2)7-9/h3-7,14H,1-2H3,(H,16,18)(H,19,20)/b4-3+. The van der Waals surface area contributed by atoms with Crippen LogP contribution in [0.25, 0.3) is 6.08 Å². The van der Waals surface area contributed by atoms with Gasteiger partial charge in [0.05, 0.1) is 11.9 Å². The molecule has 0 aliphatic rings. The first-order valence-corrected chi connectivity index (χ1v) is 5.86. The summed E-state index contributed by atoms with van der Waals surface area (Å²) in [5.41, 5.74) is 1.58. The van der Waals surface area contributed by atoms with Crippen LogP contribution in [0.15, 0.2) is 24.7 Å². The number of carboxylic acid groups (broad SMARTS) is 1. The summed E-state index contributed by atoms with van der Waals surface area (Å²) in [5.74, 6) is -1.49. The summed E-state index contributed by atoms with van der Waals surface area (Å²) in [4.78, 5) is 25.6. The summed E-state index contributed by atoms with van der Waals surface area (Å²) in [6, 6.07) is 0. The Hall–Kier alpha value is -2.83. The van der Waals surface area contributed by atoms with E-state index >= 15 is 0 Å². The lowest BCUT2D eigenvalue weighted by molar-refractivity contribution is -0.111. The molecule has 7 nitrogen and oxygen atoms in total. The van der Waals surface area contributed by atoms with Crippen molar-refractivity contribution < 1.29 is 14.7 Å². The third-order valence-corrected chi connectivity index (χ3v) is 2.70. The second-order valence-electron chi connectivity index (χ2n) is 4.28. The molecule has 0 radical (unpaired) electrons. The minimum atomic E-state index is -1.09. The lowest BCUT2D eigenvalue weighted by atomic mass is 10.2. The van der Waals surface area contributed by atoms with Crippen LogP contribution in [0.5, 0.6) is 0 Å². The predicted octanol–water partition coefficient (Wildman–Crippen LogP) is 1.41. The number of aromatic amines is 1. The van der Waals surface area contributed by atoms with Gasteiger partial charge in [-0.05, 0) is 13.0 Å². The third-order valence-electron chi connectivity index (χ3n) is 2.70. The molecule has 0 saturated heterocycles. The largest absolute Gasteiger partial charge is 0.478 e. The van der Waals surface area contributed by atoms with Gasteiger partial charge in [-0.1, -0.05) is 0 Å². The number of hydrogen-bond acceptors (Lipinski definition) is 3. The molecule has 0 saturated carbocycles. The predicted molar refractivity (Wildman–Crippen MR) is 73.4 cm³/mol. The van der Waals surface area contributed by atoms with Crippen LogP contribution in [-0.2, 0) is 11.8 Å². The zero-order chi connectivity index (χ0) is 14.7. The van der Waals surface area contributed by atoms with Crippen molar-refractivity contribution >= 4 is 23.6 Å². The van der Waals surface area contributed by atoms with E-state index in [9.17, 15) is 9.59 Å². The highest BCUT2D eigenvalue weighted by Gasteiger charge is 2.16. The number of carbonyl (C=O) groups is 2. The quantitative estimate of drug-likeness (QED) is 0.734. The number of rotatable bonds is 4. The molecule has 2 heterocycles. The van der Waals surface area contributed by atoms with Crippen LogP contribution >= 0.6 is 0 Å². The van der Waals surface area contributed by atoms with Crippen LogP contribution in [0.1, 0.15) is 21.6 Å². The number of nitrogens with one attached hydrogen (secondary N) is 2. The zero-order valence-electron chi connectivity index (χ0n) is 11.0. The summed E-state index contributed by atoms with van der Waals surface area (Å²) >= 11 is 0. The summed E-state index contributed by atoms with van der Waals surface area (Å²) in [7, 11) is 1.78. The first kappa shape index (κ1) is 13.6. The fourth-order valence-electron chi connectivity index (χ4n) is 1.77. The van der Waals surface area contributed by atoms with Gasteiger partial charge in [-0.2, -0.15) is 5.10 Å². The van der Waals surface area contributed by atoms with Gasteiger partial charge in [-0.15, -0.1) is 0 Å². The maximum atomic E-state index is 11.7. The van der Waals surface area contributed by atoms with E-state index in [2.05, 4.69) is 15.4 Å². The van der Waals surface area contributed by atoms with E-state index in [-0.39, 0.29) is 11.3 Å². The van der Waals surface area contributed by atoms with E-state index in [1.165, 1.54) is 12.3 Å². The number of hydrogen-bond donors (Lipinski definition) is 3. The van der Waals surface area contributed by atoms with E-state index in [0.29, 0.717) is 5.69 Å². The maximum Gasteiger partial charge on any atom is 0.339 e. The molecule has 0 aliphatic heterocycles. The van der Waals surface area contributed by atoms with Crippen LogP contribution in [-0.4, -0.2) is 31.7 Å². The third kappa shape index (κ3) is 2.94. The molecule has 104 valence electrons.